The first kappa shape index (κ1) is 27.6. The number of nitrogens with zero attached hydrogens (tertiary/aromatic N) is 3. The average Bonchev–Trinajstić information content (AvgIpc) is 3.40. The van der Waals surface area contributed by atoms with E-state index in [4.69, 9.17) is 28.2 Å². The van der Waals surface area contributed by atoms with E-state index in [-0.39, 0.29) is 0 Å². The Labute approximate surface area is 262 Å². The van der Waals surface area contributed by atoms with Crippen molar-refractivity contribution in [3.05, 3.63) is 155 Å². The highest BCUT2D eigenvalue weighted by Gasteiger charge is 2.24. The van der Waals surface area contributed by atoms with Crippen molar-refractivity contribution >= 4 is 53.2 Å². The van der Waals surface area contributed by atoms with E-state index >= 15 is 0 Å². The van der Waals surface area contributed by atoms with Crippen molar-refractivity contribution in [1.82, 2.24) is 14.5 Å². The van der Waals surface area contributed by atoms with Crippen LogP contribution in [0, 0.1) is 0 Å². The highest BCUT2D eigenvalue weighted by atomic mass is 35.5. The standard InChI is InChI=1S/C37H26Cl2N3P/c38-32-22-25(23-33(39)40-32)24-42-36(28-15-6-2-7-16-28)35(27-13-4-1-5-14-27)41-37(42)34-30-19-11-10-12-26(30)20-21-31(34)43-29-17-8-3-9-18-29/h1-23,43H,24H2. The number of hydrogen-bond donors (Lipinski definition) is 0. The fraction of sp³-hybridized carbons (Fsp3) is 0.0270. The molecule has 0 saturated carbocycles. The summed E-state index contributed by atoms with van der Waals surface area (Å²) < 4.78 is 2.32. The number of aromatic nitrogens is 3. The van der Waals surface area contributed by atoms with Crippen molar-refractivity contribution < 1.29 is 0 Å². The second kappa shape index (κ2) is 12.1. The van der Waals surface area contributed by atoms with E-state index < -0.39 is 0 Å². The van der Waals surface area contributed by atoms with Crippen LogP contribution in [-0.4, -0.2) is 14.5 Å². The molecule has 3 nitrogen and oxygen atoms in total. The lowest BCUT2D eigenvalue weighted by molar-refractivity contribution is 0.814. The second-order valence-electron chi connectivity index (χ2n) is 10.3. The summed E-state index contributed by atoms with van der Waals surface area (Å²) in [6.45, 7) is 0.512. The van der Waals surface area contributed by atoms with Crippen LogP contribution in [-0.2, 0) is 6.54 Å². The molecule has 43 heavy (non-hydrogen) atoms. The number of benzene rings is 5. The van der Waals surface area contributed by atoms with Crippen LogP contribution in [0.3, 0.4) is 0 Å². The fourth-order valence-electron chi connectivity index (χ4n) is 5.57. The number of imidazole rings is 1. The van der Waals surface area contributed by atoms with Gasteiger partial charge in [-0.15, -0.1) is 0 Å². The molecule has 0 amide bonds. The molecule has 2 aromatic heterocycles. The van der Waals surface area contributed by atoms with Gasteiger partial charge < -0.3 is 4.57 Å². The number of rotatable bonds is 7. The molecule has 7 aromatic rings. The summed E-state index contributed by atoms with van der Waals surface area (Å²) in [7, 11) is 0.458. The van der Waals surface area contributed by atoms with E-state index in [1.54, 1.807) is 0 Å². The molecule has 0 spiro atoms. The van der Waals surface area contributed by atoms with E-state index in [2.05, 4.69) is 125 Å². The Kier molecular flexibility index (Phi) is 7.79. The normalized spacial score (nSPS) is 11.5. The molecular formula is C37H26Cl2N3P. The first-order valence-corrected chi connectivity index (χ1v) is 15.8. The van der Waals surface area contributed by atoms with Crippen molar-refractivity contribution in [3.63, 3.8) is 0 Å². The molecule has 0 N–H and O–H groups in total. The van der Waals surface area contributed by atoms with Crippen molar-refractivity contribution in [1.29, 1.82) is 0 Å². The zero-order chi connectivity index (χ0) is 29.2. The molecular weight excluding hydrogens is 588 g/mol. The van der Waals surface area contributed by atoms with Crippen molar-refractivity contribution in [3.8, 4) is 33.9 Å². The molecule has 5 aromatic carbocycles. The average molecular weight is 615 g/mol. The summed E-state index contributed by atoms with van der Waals surface area (Å²) in [5.74, 6) is 0.900. The van der Waals surface area contributed by atoms with E-state index in [9.17, 15) is 0 Å². The van der Waals surface area contributed by atoms with Gasteiger partial charge in [-0.3, -0.25) is 0 Å². The van der Waals surface area contributed by atoms with Crippen molar-refractivity contribution in [2.45, 2.75) is 6.54 Å². The molecule has 0 aliphatic rings. The van der Waals surface area contributed by atoms with Crippen LogP contribution in [0.5, 0.6) is 0 Å². The van der Waals surface area contributed by atoms with E-state index in [0.717, 1.165) is 39.5 Å². The van der Waals surface area contributed by atoms with Crippen LogP contribution < -0.4 is 10.6 Å². The predicted octanol–water partition coefficient (Wildman–Crippen LogP) is 9.42. The largest absolute Gasteiger partial charge is 0.319 e. The van der Waals surface area contributed by atoms with Gasteiger partial charge in [0.25, 0.3) is 0 Å². The summed E-state index contributed by atoms with van der Waals surface area (Å²) >= 11 is 12.8. The third-order valence-electron chi connectivity index (χ3n) is 7.43. The minimum absolute atomic E-state index is 0.366. The molecule has 2 heterocycles. The van der Waals surface area contributed by atoms with Gasteiger partial charge in [-0.2, -0.15) is 0 Å². The summed E-state index contributed by atoms with van der Waals surface area (Å²) in [5, 5.41) is 5.58. The zero-order valence-corrected chi connectivity index (χ0v) is 25.6. The maximum absolute atomic E-state index is 6.41. The van der Waals surface area contributed by atoms with Gasteiger partial charge in [0.2, 0.25) is 0 Å². The third-order valence-corrected chi connectivity index (χ3v) is 9.13. The monoisotopic (exact) mass is 613 g/mol. The third kappa shape index (κ3) is 5.72. The highest BCUT2D eigenvalue weighted by Crippen LogP contribution is 2.39. The fourth-order valence-corrected chi connectivity index (χ4v) is 7.28. The molecule has 0 aliphatic heterocycles. The van der Waals surface area contributed by atoms with E-state index in [1.807, 2.05) is 24.3 Å². The highest BCUT2D eigenvalue weighted by molar-refractivity contribution is 7.55. The topological polar surface area (TPSA) is 30.7 Å². The molecule has 1 atom stereocenters. The summed E-state index contributed by atoms with van der Waals surface area (Å²) in [4.78, 5) is 9.71. The number of halogens is 2. The molecule has 0 radical (unpaired) electrons. The van der Waals surface area contributed by atoms with Gasteiger partial charge in [-0.25, -0.2) is 9.97 Å². The zero-order valence-electron chi connectivity index (χ0n) is 23.1. The summed E-state index contributed by atoms with van der Waals surface area (Å²) in [6, 6.07) is 48.3. The van der Waals surface area contributed by atoms with Gasteiger partial charge in [0.15, 0.2) is 0 Å². The Bertz CT molecular complexity index is 2020. The first-order valence-electron chi connectivity index (χ1n) is 14.0. The Hall–Kier alpha value is -4.27. The quantitative estimate of drug-likeness (QED) is 0.132. The molecule has 6 heteroatoms. The molecule has 0 saturated heterocycles. The Balaban J connectivity index is 1.57. The SMILES string of the molecule is Clc1cc(Cn2c(-c3c(Pc4ccccc4)ccc4ccccc34)nc(-c3ccccc3)c2-c2ccccc2)cc(Cl)n1. The van der Waals surface area contributed by atoms with Crippen LogP contribution in [0.4, 0.5) is 0 Å². The van der Waals surface area contributed by atoms with Gasteiger partial charge in [0, 0.05) is 23.2 Å². The molecule has 0 aliphatic carbocycles. The van der Waals surface area contributed by atoms with Gasteiger partial charge >= 0.3 is 0 Å². The predicted molar refractivity (Wildman–Crippen MR) is 183 cm³/mol. The summed E-state index contributed by atoms with van der Waals surface area (Å²) in [6.07, 6.45) is 0. The number of fused-ring (bicyclic) bond motifs is 1. The van der Waals surface area contributed by atoms with E-state index in [0.29, 0.717) is 25.4 Å². The van der Waals surface area contributed by atoms with Crippen LogP contribution >= 0.6 is 31.8 Å². The molecule has 208 valence electrons. The van der Waals surface area contributed by atoms with Gasteiger partial charge in [-0.05, 0) is 39.1 Å². The van der Waals surface area contributed by atoms with E-state index in [1.165, 1.54) is 21.4 Å². The lowest BCUT2D eigenvalue weighted by atomic mass is 10.0. The summed E-state index contributed by atoms with van der Waals surface area (Å²) in [5.41, 5.74) is 6.18. The minimum atomic E-state index is 0.366. The molecule has 0 bridgehead atoms. The van der Waals surface area contributed by atoms with Crippen LogP contribution in [0.15, 0.2) is 140 Å². The van der Waals surface area contributed by atoms with Gasteiger partial charge in [0.05, 0.1) is 11.4 Å². The first-order chi connectivity index (χ1) is 21.1. The Morgan fingerprint density at radius 1 is 0.605 bits per heavy atom. The van der Waals surface area contributed by atoms with Crippen LogP contribution in [0.2, 0.25) is 10.3 Å². The molecule has 7 rings (SSSR count). The smallest absolute Gasteiger partial charge is 0.142 e. The number of hydrogen-bond acceptors (Lipinski definition) is 2. The van der Waals surface area contributed by atoms with Crippen LogP contribution in [0.25, 0.3) is 44.7 Å². The van der Waals surface area contributed by atoms with Gasteiger partial charge in [-0.1, -0.05) is 159 Å². The van der Waals surface area contributed by atoms with Crippen LogP contribution in [0.1, 0.15) is 5.56 Å². The Morgan fingerprint density at radius 3 is 1.91 bits per heavy atom. The molecule has 1 unspecified atom stereocenters. The van der Waals surface area contributed by atoms with Crippen molar-refractivity contribution in [2.75, 3.05) is 0 Å². The van der Waals surface area contributed by atoms with Gasteiger partial charge in [0.1, 0.15) is 16.1 Å². The molecule has 0 fully saturated rings. The number of pyridine rings is 1. The lowest BCUT2D eigenvalue weighted by Gasteiger charge is -2.18. The maximum atomic E-state index is 6.41. The minimum Gasteiger partial charge on any atom is -0.319 e. The Morgan fingerprint density at radius 2 is 1.21 bits per heavy atom. The van der Waals surface area contributed by atoms with Crippen molar-refractivity contribution in [2.24, 2.45) is 0 Å². The lowest BCUT2D eigenvalue weighted by Crippen LogP contribution is -2.12. The maximum Gasteiger partial charge on any atom is 0.142 e. The second-order valence-corrected chi connectivity index (χ2v) is 12.4.